The van der Waals surface area contributed by atoms with Crippen LogP contribution in [-0.2, 0) is 0 Å². The predicted octanol–water partition coefficient (Wildman–Crippen LogP) is 2.66. The first kappa shape index (κ1) is 9.77. The summed E-state index contributed by atoms with van der Waals surface area (Å²) in [5, 5.41) is 0. The van der Waals surface area contributed by atoms with Crippen molar-refractivity contribution in [2.24, 2.45) is 0 Å². The van der Waals surface area contributed by atoms with Gasteiger partial charge in [-0.1, -0.05) is 19.1 Å². The second-order valence-electron chi connectivity index (χ2n) is 3.29. The first-order chi connectivity index (χ1) is 7.42. The van der Waals surface area contributed by atoms with Crippen LogP contribution in [0.3, 0.4) is 0 Å². The molecule has 1 aromatic heterocycles. The van der Waals surface area contributed by atoms with Gasteiger partial charge in [0.2, 0.25) is 0 Å². The molecule has 0 aliphatic carbocycles. The maximum absolute atomic E-state index is 5.66. The summed E-state index contributed by atoms with van der Waals surface area (Å²) in [7, 11) is 0. The summed E-state index contributed by atoms with van der Waals surface area (Å²) in [6.45, 7) is 2.84. The van der Waals surface area contributed by atoms with Crippen LogP contribution in [0, 0.1) is 0 Å². The second kappa shape index (κ2) is 4.64. The highest BCUT2D eigenvalue weighted by atomic mass is 16.5. The molecular formula is C12H14N2O. The van der Waals surface area contributed by atoms with E-state index in [0.29, 0.717) is 0 Å². The molecule has 0 radical (unpaired) electrons. The van der Waals surface area contributed by atoms with E-state index in [0.717, 1.165) is 24.5 Å². The SMILES string of the molecule is CCCOc1ccccc1-n1ccnc1. The molecule has 0 N–H and O–H groups in total. The molecule has 15 heavy (non-hydrogen) atoms. The maximum atomic E-state index is 5.66. The average molecular weight is 202 g/mol. The molecule has 0 fully saturated rings. The van der Waals surface area contributed by atoms with Crippen molar-refractivity contribution in [3.05, 3.63) is 43.0 Å². The zero-order chi connectivity index (χ0) is 10.5. The third-order valence-corrected chi connectivity index (χ3v) is 2.11. The third-order valence-electron chi connectivity index (χ3n) is 2.11. The van der Waals surface area contributed by atoms with Gasteiger partial charge in [-0.05, 0) is 18.6 Å². The molecule has 0 unspecified atom stereocenters. The Labute approximate surface area is 89.3 Å². The zero-order valence-corrected chi connectivity index (χ0v) is 8.76. The van der Waals surface area contributed by atoms with Crippen LogP contribution >= 0.6 is 0 Å². The lowest BCUT2D eigenvalue weighted by Crippen LogP contribution is -2.00. The van der Waals surface area contributed by atoms with Gasteiger partial charge in [0.05, 0.1) is 18.6 Å². The summed E-state index contributed by atoms with van der Waals surface area (Å²) in [6, 6.07) is 7.97. The fraction of sp³-hybridized carbons (Fsp3) is 0.250. The molecule has 1 heterocycles. The van der Waals surface area contributed by atoms with Crippen molar-refractivity contribution < 1.29 is 4.74 Å². The summed E-state index contributed by atoms with van der Waals surface area (Å²) < 4.78 is 7.61. The Morgan fingerprint density at radius 1 is 1.33 bits per heavy atom. The van der Waals surface area contributed by atoms with E-state index in [9.17, 15) is 0 Å². The molecule has 2 rings (SSSR count). The minimum Gasteiger partial charge on any atom is -0.491 e. The van der Waals surface area contributed by atoms with Crippen LogP contribution in [-0.4, -0.2) is 16.2 Å². The lowest BCUT2D eigenvalue weighted by molar-refractivity contribution is 0.316. The normalized spacial score (nSPS) is 10.2. The number of para-hydroxylation sites is 2. The fourth-order valence-corrected chi connectivity index (χ4v) is 1.41. The van der Waals surface area contributed by atoms with E-state index in [1.807, 2.05) is 35.0 Å². The number of ether oxygens (including phenoxy) is 1. The van der Waals surface area contributed by atoms with Gasteiger partial charge in [-0.3, -0.25) is 0 Å². The molecule has 3 nitrogen and oxygen atoms in total. The zero-order valence-electron chi connectivity index (χ0n) is 8.76. The monoisotopic (exact) mass is 202 g/mol. The number of hydrogen-bond acceptors (Lipinski definition) is 2. The minimum absolute atomic E-state index is 0.742. The number of benzene rings is 1. The third kappa shape index (κ3) is 2.18. The second-order valence-corrected chi connectivity index (χ2v) is 3.29. The molecule has 0 atom stereocenters. The molecule has 3 heteroatoms. The molecule has 2 aromatic rings. The van der Waals surface area contributed by atoms with E-state index in [4.69, 9.17) is 4.74 Å². The van der Waals surface area contributed by atoms with E-state index < -0.39 is 0 Å². The van der Waals surface area contributed by atoms with Gasteiger partial charge in [0.15, 0.2) is 0 Å². The standard InChI is InChI=1S/C12H14N2O/c1-2-9-15-12-6-4-3-5-11(12)14-8-7-13-10-14/h3-8,10H,2,9H2,1H3. The maximum Gasteiger partial charge on any atom is 0.143 e. The highest BCUT2D eigenvalue weighted by Crippen LogP contribution is 2.21. The number of rotatable bonds is 4. The number of aromatic nitrogens is 2. The van der Waals surface area contributed by atoms with Gasteiger partial charge >= 0.3 is 0 Å². The fourth-order valence-electron chi connectivity index (χ4n) is 1.41. The summed E-state index contributed by atoms with van der Waals surface area (Å²) in [5.41, 5.74) is 1.03. The molecule has 1 aromatic carbocycles. The summed E-state index contributed by atoms with van der Waals surface area (Å²) in [5.74, 6) is 0.900. The molecule has 0 aliphatic heterocycles. The van der Waals surface area contributed by atoms with Gasteiger partial charge in [-0.15, -0.1) is 0 Å². The van der Waals surface area contributed by atoms with Crippen molar-refractivity contribution in [1.29, 1.82) is 0 Å². The van der Waals surface area contributed by atoms with Crippen molar-refractivity contribution in [1.82, 2.24) is 9.55 Å². The number of imidazole rings is 1. The molecule has 0 saturated heterocycles. The lowest BCUT2D eigenvalue weighted by atomic mass is 10.3. The molecular weight excluding hydrogens is 188 g/mol. The van der Waals surface area contributed by atoms with Gasteiger partial charge in [0.1, 0.15) is 5.75 Å². The van der Waals surface area contributed by atoms with Crippen LogP contribution in [0.5, 0.6) is 5.75 Å². The Bertz CT molecular complexity index is 409. The van der Waals surface area contributed by atoms with Gasteiger partial charge in [0, 0.05) is 12.4 Å². The smallest absolute Gasteiger partial charge is 0.143 e. The first-order valence-corrected chi connectivity index (χ1v) is 5.12. The predicted molar refractivity (Wildman–Crippen MR) is 59.4 cm³/mol. The Kier molecular flexibility index (Phi) is 3.02. The average Bonchev–Trinajstić information content (AvgIpc) is 2.80. The van der Waals surface area contributed by atoms with Crippen LogP contribution < -0.4 is 4.74 Å². The summed E-state index contributed by atoms with van der Waals surface area (Å²) in [6.07, 6.45) is 6.46. The molecule has 78 valence electrons. The van der Waals surface area contributed by atoms with E-state index in [1.165, 1.54) is 0 Å². The van der Waals surface area contributed by atoms with E-state index >= 15 is 0 Å². The summed E-state index contributed by atoms with van der Waals surface area (Å²) in [4.78, 5) is 4.03. The van der Waals surface area contributed by atoms with E-state index in [1.54, 1.807) is 12.5 Å². The highest BCUT2D eigenvalue weighted by molar-refractivity contribution is 5.46. The van der Waals surface area contributed by atoms with Gasteiger partial charge < -0.3 is 9.30 Å². The highest BCUT2D eigenvalue weighted by Gasteiger charge is 2.03. The molecule has 0 amide bonds. The van der Waals surface area contributed by atoms with E-state index in [-0.39, 0.29) is 0 Å². The van der Waals surface area contributed by atoms with Crippen LogP contribution in [0.1, 0.15) is 13.3 Å². The van der Waals surface area contributed by atoms with Gasteiger partial charge in [0.25, 0.3) is 0 Å². The Hall–Kier alpha value is -1.77. The van der Waals surface area contributed by atoms with Crippen molar-refractivity contribution >= 4 is 0 Å². The quantitative estimate of drug-likeness (QED) is 0.762. The largest absolute Gasteiger partial charge is 0.491 e. The number of nitrogens with zero attached hydrogens (tertiary/aromatic N) is 2. The topological polar surface area (TPSA) is 27.1 Å². The van der Waals surface area contributed by atoms with Crippen LogP contribution in [0.2, 0.25) is 0 Å². The van der Waals surface area contributed by atoms with Gasteiger partial charge in [-0.25, -0.2) is 4.98 Å². The van der Waals surface area contributed by atoms with Crippen LogP contribution in [0.4, 0.5) is 0 Å². The Morgan fingerprint density at radius 3 is 2.93 bits per heavy atom. The first-order valence-electron chi connectivity index (χ1n) is 5.12. The van der Waals surface area contributed by atoms with Gasteiger partial charge in [-0.2, -0.15) is 0 Å². The number of hydrogen-bond donors (Lipinski definition) is 0. The van der Waals surface area contributed by atoms with Crippen molar-refractivity contribution in [3.8, 4) is 11.4 Å². The van der Waals surface area contributed by atoms with Crippen LogP contribution in [0.15, 0.2) is 43.0 Å². The van der Waals surface area contributed by atoms with E-state index in [2.05, 4.69) is 11.9 Å². The van der Waals surface area contributed by atoms with Crippen molar-refractivity contribution in [3.63, 3.8) is 0 Å². The molecule has 0 bridgehead atoms. The van der Waals surface area contributed by atoms with Crippen molar-refractivity contribution in [2.45, 2.75) is 13.3 Å². The van der Waals surface area contributed by atoms with Crippen molar-refractivity contribution in [2.75, 3.05) is 6.61 Å². The minimum atomic E-state index is 0.742. The summed E-state index contributed by atoms with van der Waals surface area (Å²) >= 11 is 0. The lowest BCUT2D eigenvalue weighted by Gasteiger charge is -2.10. The van der Waals surface area contributed by atoms with Crippen LogP contribution in [0.25, 0.3) is 5.69 Å². The molecule has 0 saturated carbocycles. The Morgan fingerprint density at radius 2 is 2.20 bits per heavy atom. The Balaban J connectivity index is 2.30. The molecule has 0 aliphatic rings. The molecule has 0 spiro atoms.